The summed E-state index contributed by atoms with van der Waals surface area (Å²) in [5, 5.41) is 13.7. The van der Waals surface area contributed by atoms with Crippen LogP contribution in [0.1, 0.15) is 24.0 Å². The molecule has 1 unspecified atom stereocenters. The maximum atomic E-state index is 9.65. The summed E-state index contributed by atoms with van der Waals surface area (Å²) in [7, 11) is 0. The van der Waals surface area contributed by atoms with E-state index in [0.717, 1.165) is 24.1 Å². The van der Waals surface area contributed by atoms with Crippen LogP contribution in [0, 0.1) is 6.92 Å². The lowest BCUT2D eigenvalue weighted by atomic mass is 10.0. The molecule has 1 saturated heterocycles. The van der Waals surface area contributed by atoms with Gasteiger partial charge in [0.2, 0.25) is 0 Å². The first-order valence-corrected chi connectivity index (χ1v) is 5.76. The summed E-state index contributed by atoms with van der Waals surface area (Å²) >= 11 is 6.02. The van der Waals surface area contributed by atoms with E-state index >= 15 is 0 Å². The summed E-state index contributed by atoms with van der Waals surface area (Å²) in [5.41, 5.74) is 1.88. The van der Waals surface area contributed by atoms with Crippen LogP contribution < -0.4 is 5.32 Å². The summed E-state index contributed by atoms with van der Waals surface area (Å²) in [6.45, 7) is 2.94. The Bertz CT molecular complexity index is 336. The number of halogens is 1. The van der Waals surface area contributed by atoms with Crippen LogP contribution in [0.2, 0.25) is 5.02 Å². The highest BCUT2D eigenvalue weighted by Crippen LogP contribution is 2.27. The molecular weight excluding hydrogens is 210 g/mol. The Hall–Kier alpha value is -0.730. The number of hydrogen-bond acceptors (Lipinski definition) is 2. The average Bonchev–Trinajstić information content (AvgIpc) is 2.66. The van der Waals surface area contributed by atoms with Gasteiger partial charge in [0.15, 0.2) is 0 Å². The van der Waals surface area contributed by atoms with Crippen LogP contribution >= 0.6 is 11.6 Å². The van der Waals surface area contributed by atoms with Crippen molar-refractivity contribution in [1.82, 2.24) is 5.32 Å². The topological polar surface area (TPSA) is 32.3 Å². The molecule has 15 heavy (non-hydrogen) atoms. The summed E-state index contributed by atoms with van der Waals surface area (Å²) in [6.07, 6.45) is 3.41. The Morgan fingerprint density at radius 3 is 2.93 bits per heavy atom. The first kappa shape index (κ1) is 10.8. The van der Waals surface area contributed by atoms with E-state index in [2.05, 4.69) is 5.32 Å². The van der Waals surface area contributed by atoms with E-state index in [1.165, 1.54) is 12.8 Å². The third-order valence-corrected chi connectivity index (χ3v) is 3.41. The summed E-state index contributed by atoms with van der Waals surface area (Å²) in [4.78, 5) is 0. The Kier molecular flexibility index (Phi) is 3.17. The third-order valence-electron chi connectivity index (χ3n) is 3.02. The molecule has 0 spiro atoms. The maximum absolute atomic E-state index is 9.65. The van der Waals surface area contributed by atoms with Crippen molar-refractivity contribution >= 4 is 11.6 Å². The van der Waals surface area contributed by atoms with Gasteiger partial charge in [-0.25, -0.2) is 0 Å². The highest BCUT2D eigenvalue weighted by atomic mass is 35.5. The zero-order chi connectivity index (χ0) is 10.8. The second-order valence-corrected chi connectivity index (χ2v) is 4.63. The standard InChI is InChI=1S/C12H16ClNO/c1-8-11(13)6-9(7-12(8)15)5-10-3-2-4-14-10/h6-7,10,14-15H,2-5H2,1H3. The molecule has 1 fully saturated rings. The number of benzene rings is 1. The SMILES string of the molecule is Cc1c(O)cc(CC2CCCN2)cc1Cl. The van der Waals surface area contributed by atoms with Gasteiger partial charge in [0.05, 0.1) is 0 Å². The number of phenols is 1. The van der Waals surface area contributed by atoms with E-state index in [-0.39, 0.29) is 0 Å². The lowest BCUT2D eigenvalue weighted by molar-refractivity contribution is 0.469. The number of rotatable bonds is 2. The second-order valence-electron chi connectivity index (χ2n) is 4.22. The lowest BCUT2D eigenvalue weighted by Crippen LogP contribution is -2.23. The van der Waals surface area contributed by atoms with Gasteiger partial charge >= 0.3 is 0 Å². The van der Waals surface area contributed by atoms with E-state index < -0.39 is 0 Å². The predicted octanol–water partition coefficient (Wildman–Crippen LogP) is 2.65. The molecule has 2 nitrogen and oxygen atoms in total. The van der Waals surface area contributed by atoms with Crippen LogP contribution in [0.4, 0.5) is 0 Å². The van der Waals surface area contributed by atoms with Crippen molar-refractivity contribution < 1.29 is 5.11 Å². The Morgan fingerprint density at radius 1 is 1.53 bits per heavy atom. The first-order chi connectivity index (χ1) is 7.16. The van der Waals surface area contributed by atoms with Gasteiger partial charge in [-0.05, 0) is 50.4 Å². The molecule has 1 heterocycles. The number of hydrogen-bond donors (Lipinski definition) is 2. The zero-order valence-corrected chi connectivity index (χ0v) is 9.64. The van der Waals surface area contributed by atoms with Crippen LogP contribution in [-0.2, 0) is 6.42 Å². The van der Waals surface area contributed by atoms with Gasteiger partial charge < -0.3 is 10.4 Å². The van der Waals surface area contributed by atoms with Gasteiger partial charge in [0, 0.05) is 16.6 Å². The molecule has 1 atom stereocenters. The minimum Gasteiger partial charge on any atom is -0.508 e. The minimum absolute atomic E-state index is 0.301. The highest BCUT2D eigenvalue weighted by molar-refractivity contribution is 6.31. The van der Waals surface area contributed by atoms with Gasteiger partial charge in [0.1, 0.15) is 5.75 Å². The van der Waals surface area contributed by atoms with E-state index in [1.807, 2.05) is 19.1 Å². The second kappa shape index (κ2) is 4.42. The first-order valence-electron chi connectivity index (χ1n) is 5.38. The van der Waals surface area contributed by atoms with Crippen molar-refractivity contribution in [3.63, 3.8) is 0 Å². The number of aromatic hydroxyl groups is 1. The Morgan fingerprint density at radius 2 is 2.33 bits per heavy atom. The van der Waals surface area contributed by atoms with Crippen molar-refractivity contribution in [3.05, 3.63) is 28.3 Å². The van der Waals surface area contributed by atoms with E-state index in [9.17, 15) is 5.11 Å². The Balaban J connectivity index is 2.14. The molecule has 1 aliphatic rings. The summed E-state index contributed by atoms with van der Waals surface area (Å²) in [5.74, 6) is 0.301. The zero-order valence-electron chi connectivity index (χ0n) is 8.89. The molecule has 1 aromatic rings. The van der Waals surface area contributed by atoms with E-state index in [4.69, 9.17) is 11.6 Å². The van der Waals surface area contributed by atoms with Crippen molar-refractivity contribution in [1.29, 1.82) is 0 Å². The molecule has 0 bridgehead atoms. The van der Waals surface area contributed by atoms with Gasteiger partial charge in [-0.3, -0.25) is 0 Å². The molecule has 0 saturated carbocycles. The lowest BCUT2D eigenvalue weighted by Gasteiger charge is -2.11. The average molecular weight is 226 g/mol. The van der Waals surface area contributed by atoms with E-state index in [1.54, 1.807) is 0 Å². The molecule has 0 aromatic heterocycles. The largest absolute Gasteiger partial charge is 0.508 e. The molecule has 2 rings (SSSR count). The molecule has 0 amide bonds. The fraction of sp³-hybridized carbons (Fsp3) is 0.500. The van der Waals surface area contributed by atoms with Crippen molar-refractivity contribution in [2.75, 3.05) is 6.54 Å². The van der Waals surface area contributed by atoms with Gasteiger partial charge in [0.25, 0.3) is 0 Å². The van der Waals surface area contributed by atoms with Crippen molar-refractivity contribution in [3.8, 4) is 5.75 Å². The van der Waals surface area contributed by atoms with Crippen LogP contribution in [0.3, 0.4) is 0 Å². The van der Waals surface area contributed by atoms with Crippen LogP contribution in [0.5, 0.6) is 5.75 Å². The van der Waals surface area contributed by atoms with Gasteiger partial charge in [-0.2, -0.15) is 0 Å². The molecular formula is C12H16ClNO. The molecule has 1 aromatic carbocycles. The number of phenolic OH excluding ortho intramolecular Hbond substituents is 1. The summed E-state index contributed by atoms with van der Waals surface area (Å²) < 4.78 is 0. The van der Waals surface area contributed by atoms with E-state index in [0.29, 0.717) is 16.8 Å². The monoisotopic (exact) mass is 225 g/mol. The molecule has 82 valence electrons. The normalized spacial score (nSPS) is 20.8. The van der Waals surface area contributed by atoms with Crippen LogP contribution in [0.15, 0.2) is 12.1 Å². The fourth-order valence-electron chi connectivity index (χ4n) is 2.05. The quantitative estimate of drug-likeness (QED) is 0.811. The van der Waals surface area contributed by atoms with Crippen molar-refractivity contribution in [2.45, 2.75) is 32.2 Å². The van der Waals surface area contributed by atoms with Gasteiger partial charge in [-0.1, -0.05) is 11.6 Å². The van der Waals surface area contributed by atoms with Gasteiger partial charge in [-0.15, -0.1) is 0 Å². The van der Waals surface area contributed by atoms with Crippen LogP contribution in [0.25, 0.3) is 0 Å². The van der Waals surface area contributed by atoms with Crippen LogP contribution in [-0.4, -0.2) is 17.7 Å². The molecule has 2 N–H and O–H groups in total. The molecule has 3 heteroatoms. The highest BCUT2D eigenvalue weighted by Gasteiger charge is 2.15. The van der Waals surface area contributed by atoms with Crippen molar-refractivity contribution in [2.24, 2.45) is 0 Å². The maximum Gasteiger partial charge on any atom is 0.120 e. The minimum atomic E-state index is 0.301. The molecule has 0 aliphatic carbocycles. The molecule has 0 radical (unpaired) electrons. The molecule has 1 aliphatic heterocycles. The third kappa shape index (κ3) is 2.44. The fourth-order valence-corrected chi connectivity index (χ4v) is 2.29. The predicted molar refractivity (Wildman–Crippen MR) is 62.6 cm³/mol. The summed E-state index contributed by atoms with van der Waals surface area (Å²) in [6, 6.07) is 4.32. The smallest absolute Gasteiger partial charge is 0.120 e. The Labute approximate surface area is 95.3 Å². The number of nitrogens with one attached hydrogen (secondary N) is 1.